The minimum Gasteiger partial charge on any atom is -0.496 e. The quantitative estimate of drug-likeness (QED) is 0.539. The SMILES string of the molecule is COc1ccc(CN2CCC(CCO)C2)cc1C(=N)N. The molecule has 0 spiro atoms. The van der Waals surface area contributed by atoms with E-state index in [1.807, 2.05) is 18.2 Å². The number of nitrogen functional groups attached to an aromatic ring is 1. The first-order valence-corrected chi connectivity index (χ1v) is 6.98. The Bertz CT molecular complexity index is 476. The monoisotopic (exact) mass is 277 g/mol. The first kappa shape index (κ1) is 14.8. The van der Waals surface area contributed by atoms with E-state index < -0.39 is 0 Å². The predicted octanol–water partition coefficient (Wildman–Crippen LogP) is 1.18. The summed E-state index contributed by atoms with van der Waals surface area (Å²) in [5, 5.41) is 16.6. The van der Waals surface area contributed by atoms with E-state index in [0.29, 0.717) is 17.2 Å². The van der Waals surface area contributed by atoms with E-state index in [9.17, 15) is 0 Å². The van der Waals surface area contributed by atoms with Gasteiger partial charge in [-0.3, -0.25) is 10.3 Å². The van der Waals surface area contributed by atoms with E-state index in [-0.39, 0.29) is 12.4 Å². The fraction of sp³-hybridized carbons (Fsp3) is 0.533. The summed E-state index contributed by atoms with van der Waals surface area (Å²) in [7, 11) is 1.58. The molecule has 2 rings (SSSR count). The molecule has 1 heterocycles. The smallest absolute Gasteiger partial charge is 0.129 e. The van der Waals surface area contributed by atoms with Crippen LogP contribution >= 0.6 is 0 Å². The molecule has 0 aliphatic carbocycles. The Morgan fingerprint density at radius 1 is 1.55 bits per heavy atom. The molecule has 1 fully saturated rings. The molecule has 1 aromatic rings. The molecular formula is C15H23N3O2. The van der Waals surface area contributed by atoms with E-state index in [1.165, 1.54) is 0 Å². The van der Waals surface area contributed by atoms with Gasteiger partial charge in [-0.2, -0.15) is 0 Å². The summed E-state index contributed by atoms with van der Waals surface area (Å²) in [5.74, 6) is 1.27. The molecule has 20 heavy (non-hydrogen) atoms. The van der Waals surface area contributed by atoms with Crippen LogP contribution in [0, 0.1) is 11.3 Å². The van der Waals surface area contributed by atoms with Gasteiger partial charge in [-0.1, -0.05) is 6.07 Å². The van der Waals surface area contributed by atoms with Crippen molar-refractivity contribution in [2.75, 3.05) is 26.8 Å². The van der Waals surface area contributed by atoms with Gasteiger partial charge in [0.25, 0.3) is 0 Å². The number of aliphatic hydroxyl groups excluding tert-OH is 1. The number of nitrogens with one attached hydrogen (secondary N) is 1. The summed E-state index contributed by atoms with van der Waals surface area (Å²) < 4.78 is 5.22. The Labute approximate surface area is 119 Å². The molecule has 0 bridgehead atoms. The zero-order valence-electron chi connectivity index (χ0n) is 11.9. The van der Waals surface area contributed by atoms with Crippen molar-refractivity contribution in [2.24, 2.45) is 11.7 Å². The van der Waals surface area contributed by atoms with Gasteiger partial charge in [-0.25, -0.2) is 0 Å². The molecule has 0 aromatic heterocycles. The molecule has 5 heteroatoms. The molecular weight excluding hydrogens is 254 g/mol. The Morgan fingerprint density at radius 2 is 2.35 bits per heavy atom. The number of likely N-dealkylation sites (tertiary alicyclic amines) is 1. The first-order chi connectivity index (χ1) is 9.63. The molecule has 0 saturated carbocycles. The van der Waals surface area contributed by atoms with Crippen molar-refractivity contribution in [2.45, 2.75) is 19.4 Å². The number of ether oxygens (including phenoxy) is 1. The average molecular weight is 277 g/mol. The van der Waals surface area contributed by atoms with Gasteiger partial charge < -0.3 is 15.6 Å². The molecule has 1 aliphatic heterocycles. The fourth-order valence-corrected chi connectivity index (χ4v) is 2.80. The lowest BCUT2D eigenvalue weighted by molar-refractivity contribution is 0.249. The summed E-state index contributed by atoms with van der Waals surface area (Å²) in [5.41, 5.74) is 7.38. The normalized spacial score (nSPS) is 19.2. The van der Waals surface area contributed by atoms with Crippen LogP contribution in [0.15, 0.2) is 18.2 Å². The topological polar surface area (TPSA) is 82.6 Å². The predicted molar refractivity (Wildman–Crippen MR) is 79.1 cm³/mol. The second-order valence-electron chi connectivity index (χ2n) is 5.35. The van der Waals surface area contributed by atoms with E-state index in [1.54, 1.807) is 7.11 Å². The van der Waals surface area contributed by atoms with Crippen molar-refractivity contribution in [3.8, 4) is 5.75 Å². The lowest BCUT2D eigenvalue weighted by Gasteiger charge is -2.17. The lowest BCUT2D eigenvalue weighted by Crippen LogP contribution is -2.21. The van der Waals surface area contributed by atoms with Gasteiger partial charge in [0.05, 0.1) is 12.7 Å². The second-order valence-corrected chi connectivity index (χ2v) is 5.35. The van der Waals surface area contributed by atoms with Crippen LogP contribution in [-0.4, -0.2) is 42.6 Å². The third-order valence-electron chi connectivity index (χ3n) is 3.87. The highest BCUT2D eigenvalue weighted by Gasteiger charge is 2.22. The van der Waals surface area contributed by atoms with Gasteiger partial charge >= 0.3 is 0 Å². The lowest BCUT2D eigenvalue weighted by atomic mass is 10.1. The number of hydrogen-bond donors (Lipinski definition) is 3. The van der Waals surface area contributed by atoms with E-state index in [2.05, 4.69) is 4.90 Å². The molecule has 1 aliphatic rings. The van der Waals surface area contributed by atoms with Crippen molar-refractivity contribution in [1.82, 2.24) is 4.90 Å². The van der Waals surface area contributed by atoms with Gasteiger partial charge in [0.2, 0.25) is 0 Å². The summed E-state index contributed by atoms with van der Waals surface area (Å²) in [6.45, 7) is 3.22. The van der Waals surface area contributed by atoms with E-state index >= 15 is 0 Å². The molecule has 1 unspecified atom stereocenters. The number of rotatable bonds is 6. The largest absolute Gasteiger partial charge is 0.496 e. The maximum absolute atomic E-state index is 8.99. The number of hydrogen-bond acceptors (Lipinski definition) is 4. The number of amidine groups is 1. The average Bonchev–Trinajstić information content (AvgIpc) is 2.86. The summed E-state index contributed by atoms with van der Waals surface area (Å²) >= 11 is 0. The Balaban J connectivity index is 2.03. The number of benzene rings is 1. The highest BCUT2D eigenvalue weighted by Crippen LogP contribution is 2.24. The van der Waals surface area contributed by atoms with Crippen molar-refractivity contribution < 1.29 is 9.84 Å². The maximum atomic E-state index is 8.99. The van der Waals surface area contributed by atoms with Crippen LogP contribution in [0.1, 0.15) is 24.0 Å². The van der Waals surface area contributed by atoms with Crippen molar-refractivity contribution >= 4 is 5.84 Å². The molecule has 1 aromatic carbocycles. The molecule has 0 amide bonds. The van der Waals surface area contributed by atoms with Gasteiger partial charge in [-0.15, -0.1) is 0 Å². The molecule has 1 saturated heterocycles. The van der Waals surface area contributed by atoms with Crippen LogP contribution in [0.4, 0.5) is 0 Å². The van der Waals surface area contributed by atoms with Crippen LogP contribution in [0.3, 0.4) is 0 Å². The Kier molecular flexibility index (Phi) is 4.98. The summed E-state index contributed by atoms with van der Waals surface area (Å²) in [4.78, 5) is 2.38. The summed E-state index contributed by atoms with van der Waals surface area (Å²) in [6, 6.07) is 5.82. The number of nitrogens with two attached hydrogens (primary N) is 1. The molecule has 1 atom stereocenters. The van der Waals surface area contributed by atoms with Crippen LogP contribution in [-0.2, 0) is 6.54 Å². The minimum absolute atomic E-state index is 0.0308. The number of aliphatic hydroxyl groups is 1. The first-order valence-electron chi connectivity index (χ1n) is 6.98. The maximum Gasteiger partial charge on any atom is 0.129 e. The molecule has 5 nitrogen and oxygen atoms in total. The van der Waals surface area contributed by atoms with Crippen LogP contribution in [0.5, 0.6) is 5.75 Å². The zero-order chi connectivity index (χ0) is 14.5. The molecule has 0 radical (unpaired) electrons. The Hall–Kier alpha value is -1.59. The van der Waals surface area contributed by atoms with Crippen molar-refractivity contribution in [1.29, 1.82) is 5.41 Å². The third kappa shape index (κ3) is 3.49. The van der Waals surface area contributed by atoms with Gasteiger partial charge in [0.1, 0.15) is 11.6 Å². The van der Waals surface area contributed by atoms with Crippen molar-refractivity contribution in [3.05, 3.63) is 29.3 Å². The minimum atomic E-state index is 0.0308. The van der Waals surface area contributed by atoms with Gasteiger partial charge in [-0.05, 0) is 43.0 Å². The van der Waals surface area contributed by atoms with E-state index in [4.69, 9.17) is 21.0 Å². The second kappa shape index (κ2) is 6.72. The van der Waals surface area contributed by atoms with Crippen LogP contribution in [0.2, 0.25) is 0 Å². The number of nitrogens with zero attached hydrogens (tertiary/aromatic N) is 1. The highest BCUT2D eigenvalue weighted by atomic mass is 16.5. The van der Waals surface area contributed by atoms with Crippen LogP contribution < -0.4 is 10.5 Å². The highest BCUT2D eigenvalue weighted by molar-refractivity contribution is 5.97. The molecule has 110 valence electrons. The zero-order valence-corrected chi connectivity index (χ0v) is 11.9. The van der Waals surface area contributed by atoms with Crippen LogP contribution in [0.25, 0.3) is 0 Å². The Morgan fingerprint density at radius 3 is 3.00 bits per heavy atom. The van der Waals surface area contributed by atoms with Gasteiger partial charge in [0, 0.05) is 19.7 Å². The molecule has 4 N–H and O–H groups in total. The van der Waals surface area contributed by atoms with Gasteiger partial charge in [0.15, 0.2) is 0 Å². The fourth-order valence-electron chi connectivity index (χ4n) is 2.80. The van der Waals surface area contributed by atoms with E-state index in [0.717, 1.165) is 38.0 Å². The van der Waals surface area contributed by atoms with Crippen molar-refractivity contribution in [3.63, 3.8) is 0 Å². The number of methoxy groups -OCH3 is 1. The standard InChI is InChI=1S/C15H23N3O2/c1-20-14-3-2-12(8-13(14)15(16)17)10-18-6-4-11(9-18)5-7-19/h2-3,8,11,19H,4-7,9-10H2,1H3,(H3,16,17). The summed E-state index contributed by atoms with van der Waals surface area (Å²) in [6.07, 6.45) is 2.04. The third-order valence-corrected chi connectivity index (χ3v) is 3.87.